The fourth-order valence-corrected chi connectivity index (χ4v) is 3.10. The normalized spacial score (nSPS) is 10.6. The molecule has 2 aromatic rings. The van der Waals surface area contributed by atoms with Crippen molar-refractivity contribution < 1.29 is 4.79 Å². The number of halogens is 2. The van der Waals surface area contributed by atoms with E-state index in [-0.39, 0.29) is 5.91 Å². The number of carbonyl (C=O) groups excluding carboxylic acids is 1. The Morgan fingerprint density at radius 1 is 1.40 bits per heavy atom. The van der Waals surface area contributed by atoms with Crippen molar-refractivity contribution in [2.45, 2.75) is 13.5 Å². The van der Waals surface area contributed by atoms with E-state index in [4.69, 9.17) is 28.9 Å². The van der Waals surface area contributed by atoms with Crippen LogP contribution in [0.5, 0.6) is 0 Å². The van der Waals surface area contributed by atoms with Gasteiger partial charge in [0.15, 0.2) is 0 Å². The molecule has 0 aliphatic rings. The molecule has 2 rings (SSSR count). The van der Waals surface area contributed by atoms with Crippen molar-refractivity contribution in [1.29, 1.82) is 0 Å². The molecule has 6 heteroatoms. The second-order valence-corrected chi connectivity index (χ2v) is 6.54. The average molecular weight is 329 g/mol. The number of hydrogen-bond acceptors (Lipinski definition) is 3. The first-order chi connectivity index (χ1) is 9.40. The summed E-state index contributed by atoms with van der Waals surface area (Å²) < 4.78 is 0. The minimum atomic E-state index is -0.0779. The predicted molar refractivity (Wildman–Crippen MR) is 85.7 cm³/mol. The number of aryl methyl sites for hydroxylation is 1. The van der Waals surface area contributed by atoms with Gasteiger partial charge in [0.1, 0.15) is 0 Å². The second-order valence-electron chi connectivity index (χ2n) is 4.50. The van der Waals surface area contributed by atoms with Crippen LogP contribution in [0.15, 0.2) is 24.3 Å². The Kier molecular flexibility index (Phi) is 4.58. The summed E-state index contributed by atoms with van der Waals surface area (Å²) in [5.41, 5.74) is 7.24. The molecule has 0 unspecified atom stereocenters. The van der Waals surface area contributed by atoms with Crippen molar-refractivity contribution >= 4 is 46.1 Å². The number of amides is 1. The number of rotatable bonds is 3. The van der Waals surface area contributed by atoms with Crippen molar-refractivity contribution in [3.8, 4) is 0 Å². The fraction of sp³-hybridized carbons (Fsp3) is 0.214. The maximum atomic E-state index is 12.3. The zero-order valence-electron chi connectivity index (χ0n) is 11.1. The largest absolute Gasteiger partial charge is 0.398 e. The van der Waals surface area contributed by atoms with E-state index in [0.717, 1.165) is 10.4 Å². The lowest BCUT2D eigenvalue weighted by Crippen LogP contribution is -2.25. The van der Waals surface area contributed by atoms with Crippen LogP contribution >= 0.6 is 34.5 Å². The van der Waals surface area contributed by atoms with Crippen LogP contribution in [-0.4, -0.2) is 17.9 Å². The predicted octanol–water partition coefficient (Wildman–Crippen LogP) is 4.22. The first kappa shape index (κ1) is 15.2. The van der Waals surface area contributed by atoms with Crippen LogP contribution < -0.4 is 5.73 Å². The Labute approximate surface area is 131 Å². The number of hydrogen-bond donors (Lipinski definition) is 1. The number of nitrogens with zero attached hydrogens (tertiary/aromatic N) is 1. The van der Waals surface area contributed by atoms with Crippen LogP contribution in [-0.2, 0) is 6.54 Å². The van der Waals surface area contributed by atoms with Gasteiger partial charge in [0, 0.05) is 24.2 Å². The molecule has 0 aliphatic heterocycles. The zero-order chi connectivity index (χ0) is 14.9. The van der Waals surface area contributed by atoms with E-state index in [1.807, 2.05) is 19.1 Å². The molecule has 0 fully saturated rings. The summed E-state index contributed by atoms with van der Waals surface area (Å²) in [5.74, 6) is -0.0779. The maximum absolute atomic E-state index is 12.3. The molecule has 0 saturated heterocycles. The van der Waals surface area contributed by atoms with Crippen LogP contribution in [0.2, 0.25) is 10.0 Å². The van der Waals surface area contributed by atoms with Crippen LogP contribution in [0.4, 0.5) is 5.69 Å². The van der Waals surface area contributed by atoms with Crippen LogP contribution in [0.3, 0.4) is 0 Å². The SMILES string of the molecule is Cc1sc(C(=O)N(C)Cc2cccc(Cl)c2Cl)cc1N. The molecule has 0 spiro atoms. The maximum Gasteiger partial charge on any atom is 0.264 e. The molecular formula is C14H14Cl2N2OS. The molecular weight excluding hydrogens is 315 g/mol. The van der Waals surface area contributed by atoms with Gasteiger partial charge in [-0.3, -0.25) is 4.79 Å². The highest BCUT2D eigenvalue weighted by atomic mass is 35.5. The van der Waals surface area contributed by atoms with Gasteiger partial charge in [-0.1, -0.05) is 35.3 Å². The summed E-state index contributed by atoms with van der Waals surface area (Å²) >= 11 is 13.5. The molecule has 0 bridgehead atoms. The number of benzene rings is 1. The van der Waals surface area contributed by atoms with E-state index in [1.165, 1.54) is 11.3 Å². The Balaban J connectivity index is 2.17. The molecule has 0 atom stereocenters. The molecule has 2 N–H and O–H groups in total. The minimum absolute atomic E-state index is 0.0779. The van der Waals surface area contributed by atoms with E-state index in [2.05, 4.69) is 0 Å². The number of anilines is 1. The molecule has 0 aliphatic carbocycles. The second kappa shape index (κ2) is 6.04. The van der Waals surface area contributed by atoms with Gasteiger partial charge in [0.05, 0.1) is 14.9 Å². The van der Waals surface area contributed by atoms with Crippen LogP contribution in [0.1, 0.15) is 20.1 Å². The molecule has 0 radical (unpaired) electrons. The fourth-order valence-electron chi connectivity index (χ4n) is 1.79. The highest BCUT2D eigenvalue weighted by Crippen LogP contribution is 2.28. The van der Waals surface area contributed by atoms with Gasteiger partial charge in [0.2, 0.25) is 0 Å². The summed E-state index contributed by atoms with van der Waals surface area (Å²) in [6.07, 6.45) is 0. The van der Waals surface area contributed by atoms with Crippen molar-refractivity contribution in [1.82, 2.24) is 4.90 Å². The summed E-state index contributed by atoms with van der Waals surface area (Å²) in [7, 11) is 1.73. The Bertz CT molecular complexity index is 635. The van der Waals surface area contributed by atoms with Crippen molar-refractivity contribution in [3.63, 3.8) is 0 Å². The van der Waals surface area contributed by atoms with E-state index in [1.54, 1.807) is 24.1 Å². The van der Waals surface area contributed by atoms with Crippen LogP contribution in [0.25, 0.3) is 0 Å². The highest BCUT2D eigenvalue weighted by Gasteiger charge is 2.17. The number of carbonyl (C=O) groups is 1. The lowest BCUT2D eigenvalue weighted by molar-refractivity contribution is 0.0790. The summed E-state index contributed by atoms with van der Waals surface area (Å²) in [6.45, 7) is 2.29. The first-order valence-electron chi connectivity index (χ1n) is 5.94. The Morgan fingerprint density at radius 3 is 2.70 bits per heavy atom. The van der Waals surface area contributed by atoms with E-state index < -0.39 is 0 Å². The van der Waals surface area contributed by atoms with Gasteiger partial charge in [-0.25, -0.2) is 0 Å². The average Bonchev–Trinajstić information content (AvgIpc) is 2.74. The number of nitrogens with two attached hydrogens (primary N) is 1. The van der Waals surface area contributed by atoms with E-state index >= 15 is 0 Å². The molecule has 3 nitrogen and oxygen atoms in total. The molecule has 1 heterocycles. The third-order valence-corrected chi connectivity index (χ3v) is 4.87. The van der Waals surface area contributed by atoms with Gasteiger partial charge in [-0.15, -0.1) is 11.3 Å². The smallest absolute Gasteiger partial charge is 0.264 e. The molecule has 0 saturated carbocycles. The Hall–Kier alpha value is -1.23. The molecule has 20 heavy (non-hydrogen) atoms. The van der Waals surface area contributed by atoms with E-state index in [9.17, 15) is 4.79 Å². The van der Waals surface area contributed by atoms with Crippen molar-refractivity contribution in [3.05, 3.63) is 49.6 Å². The summed E-state index contributed by atoms with van der Waals surface area (Å²) in [6, 6.07) is 7.10. The third kappa shape index (κ3) is 3.08. The molecule has 1 aromatic heterocycles. The molecule has 1 aromatic carbocycles. The molecule has 106 valence electrons. The van der Waals surface area contributed by atoms with Gasteiger partial charge in [0.25, 0.3) is 5.91 Å². The minimum Gasteiger partial charge on any atom is -0.398 e. The van der Waals surface area contributed by atoms with Crippen molar-refractivity contribution in [2.75, 3.05) is 12.8 Å². The Morgan fingerprint density at radius 2 is 2.10 bits per heavy atom. The summed E-state index contributed by atoms with van der Waals surface area (Å²) in [5, 5.41) is 0.969. The number of thiophene rings is 1. The topological polar surface area (TPSA) is 46.3 Å². The van der Waals surface area contributed by atoms with Gasteiger partial charge < -0.3 is 10.6 Å². The summed E-state index contributed by atoms with van der Waals surface area (Å²) in [4.78, 5) is 15.5. The monoisotopic (exact) mass is 328 g/mol. The lowest BCUT2D eigenvalue weighted by Gasteiger charge is -2.17. The number of nitrogen functional groups attached to an aromatic ring is 1. The van der Waals surface area contributed by atoms with Gasteiger partial charge in [-0.2, -0.15) is 0 Å². The third-order valence-electron chi connectivity index (χ3n) is 2.95. The van der Waals surface area contributed by atoms with Crippen molar-refractivity contribution in [2.24, 2.45) is 0 Å². The van der Waals surface area contributed by atoms with E-state index in [0.29, 0.717) is 27.2 Å². The lowest BCUT2D eigenvalue weighted by atomic mass is 10.2. The zero-order valence-corrected chi connectivity index (χ0v) is 13.4. The standard InChI is InChI=1S/C14H14Cl2N2OS/c1-8-11(17)6-12(20-8)14(19)18(2)7-9-4-3-5-10(15)13(9)16/h3-6H,7,17H2,1-2H3. The van der Waals surface area contributed by atoms with Gasteiger partial charge in [-0.05, 0) is 24.6 Å². The molecule has 1 amide bonds. The first-order valence-corrected chi connectivity index (χ1v) is 7.51. The van der Waals surface area contributed by atoms with Crippen LogP contribution in [0, 0.1) is 6.92 Å². The quantitative estimate of drug-likeness (QED) is 0.916. The van der Waals surface area contributed by atoms with Gasteiger partial charge >= 0.3 is 0 Å². The highest BCUT2D eigenvalue weighted by molar-refractivity contribution is 7.14.